The van der Waals surface area contributed by atoms with Gasteiger partial charge in [-0.1, -0.05) is 48.0 Å². The summed E-state index contributed by atoms with van der Waals surface area (Å²) in [6.45, 7) is 1.84. The molecule has 0 saturated carbocycles. The van der Waals surface area contributed by atoms with Crippen LogP contribution in [0.25, 0.3) is 0 Å². The Kier molecular flexibility index (Phi) is 6.97. The highest BCUT2D eigenvalue weighted by Crippen LogP contribution is 2.33. The van der Waals surface area contributed by atoms with Gasteiger partial charge in [-0.2, -0.15) is 13.2 Å². The molecule has 0 radical (unpaired) electrons. The summed E-state index contributed by atoms with van der Waals surface area (Å²) in [6.07, 6.45) is -4.76. The van der Waals surface area contributed by atoms with Crippen molar-refractivity contribution >= 4 is 21.6 Å². The van der Waals surface area contributed by atoms with E-state index in [0.29, 0.717) is 0 Å². The molecule has 1 amide bonds. The summed E-state index contributed by atoms with van der Waals surface area (Å²) in [5.41, 5.74) is 0.775. The highest BCUT2D eigenvalue weighted by Gasteiger charge is 2.42. The van der Waals surface area contributed by atoms with E-state index in [9.17, 15) is 26.4 Å². The molecule has 0 spiro atoms. The summed E-state index contributed by atoms with van der Waals surface area (Å²) in [4.78, 5) is 12.3. The number of sulfonamides is 1. The molecule has 174 valence electrons. The summed E-state index contributed by atoms with van der Waals surface area (Å²) in [7, 11) is -2.97. The van der Waals surface area contributed by atoms with Gasteiger partial charge in [-0.25, -0.2) is 8.42 Å². The normalized spacial score (nSPS) is 12.6. The third-order valence-electron chi connectivity index (χ3n) is 4.75. The number of ether oxygens (including phenoxy) is 1. The van der Waals surface area contributed by atoms with Crippen molar-refractivity contribution < 1.29 is 31.1 Å². The number of halogens is 3. The van der Waals surface area contributed by atoms with E-state index in [1.165, 1.54) is 43.5 Å². The molecule has 1 atom stereocenters. The van der Waals surface area contributed by atoms with Gasteiger partial charge in [-0.05, 0) is 42.8 Å². The van der Waals surface area contributed by atoms with Crippen LogP contribution in [-0.4, -0.2) is 27.6 Å². The number of hydrogen-bond acceptors (Lipinski definition) is 4. The van der Waals surface area contributed by atoms with Crippen LogP contribution < -0.4 is 14.8 Å². The minimum Gasteiger partial charge on any atom is -0.495 e. The van der Waals surface area contributed by atoms with E-state index in [-0.39, 0.29) is 27.5 Å². The van der Waals surface area contributed by atoms with E-state index in [1.807, 2.05) is 12.2 Å². The second kappa shape index (κ2) is 9.53. The number of aryl methyl sites for hydroxylation is 1. The van der Waals surface area contributed by atoms with Crippen molar-refractivity contribution in [3.05, 3.63) is 89.5 Å². The van der Waals surface area contributed by atoms with Crippen molar-refractivity contribution in [2.24, 2.45) is 0 Å². The molecule has 1 unspecified atom stereocenters. The van der Waals surface area contributed by atoms with Gasteiger partial charge >= 0.3 is 6.18 Å². The molecule has 0 aliphatic heterocycles. The molecule has 10 heteroatoms. The summed E-state index contributed by atoms with van der Waals surface area (Å²) >= 11 is 0. The van der Waals surface area contributed by atoms with Crippen LogP contribution in [0.15, 0.2) is 77.7 Å². The minimum absolute atomic E-state index is 0.0680. The summed E-state index contributed by atoms with van der Waals surface area (Å²) in [5, 5.41) is 1.94. The van der Waals surface area contributed by atoms with Crippen LogP contribution in [0, 0.1) is 6.92 Å². The molecule has 0 aliphatic carbocycles. The molecule has 3 aromatic carbocycles. The maximum Gasteiger partial charge on any atom is 0.412 e. The molecule has 0 heterocycles. The number of carbonyl (C=O) groups is 1. The molecule has 3 rings (SSSR count). The van der Waals surface area contributed by atoms with Crippen LogP contribution in [-0.2, 0) is 10.0 Å². The van der Waals surface area contributed by atoms with Crippen molar-refractivity contribution in [3.63, 3.8) is 0 Å². The van der Waals surface area contributed by atoms with Crippen LogP contribution in [0.3, 0.4) is 0 Å². The molecule has 0 saturated heterocycles. The molecule has 33 heavy (non-hydrogen) atoms. The second-order valence-electron chi connectivity index (χ2n) is 7.20. The van der Waals surface area contributed by atoms with Gasteiger partial charge in [-0.3, -0.25) is 9.52 Å². The fourth-order valence-corrected chi connectivity index (χ4v) is 4.33. The first kappa shape index (κ1) is 24.1. The van der Waals surface area contributed by atoms with Crippen LogP contribution >= 0.6 is 0 Å². The summed E-state index contributed by atoms with van der Waals surface area (Å²) in [5.74, 6) is -1.16. The van der Waals surface area contributed by atoms with Crippen LogP contribution in [0.2, 0.25) is 0 Å². The van der Waals surface area contributed by atoms with Crippen LogP contribution in [0.1, 0.15) is 27.5 Å². The fraction of sp³-hybridized carbons (Fsp3) is 0.174. The van der Waals surface area contributed by atoms with Gasteiger partial charge in [-0.15, -0.1) is 0 Å². The van der Waals surface area contributed by atoms with Gasteiger partial charge in [0.05, 0.1) is 7.11 Å². The van der Waals surface area contributed by atoms with Gasteiger partial charge in [0.1, 0.15) is 10.6 Å². The number of alkyl halides is 3. The Morgan fingerprint density at radius 1 is 0.970 bits per heavy atom. The molecule has 0 aromatic heterocycles. The third-order valence-corrected chi connectivity index (χ3v) is 6.16. The Morgan fingerprint density at radius 2 is 1.61 bits per heavy atom. The first-order valence-corrected chi connectivity index (χ1v) is 11.2. The zero-order valence-corrected chi connectivity index (χ0v) is 18.5. The van der Waals surface area contributed by atoms with E-state index >= 15 is 0 Å². The van der Waals surface area contributed by atoms with Crippen molar-refractivity contribution in [2.75, 3.05) is 11.8 Å². The van der Waals surface area contributed by atoms with Crippen molar-refractivity contribution in [1.82, 2.24) is 5.32 Å². The Bertz CT molecular complexity index is 1230. The topological polar surface area (TPSA) is 84.5 Å². The van der Waals surface area contributed by atoms with E-state index in [2.05, 4.69) is 4.72 Å². The molecule has 0 aliphatic rings. The maximum atomic E-state index is 13.6. The van der Waals surface area contributed by atoms with E-state index in [0.717, 1.165) is 11.6 Å². The van der Waals surface area contributed by atoms with Crippen LogP contribution in [0.5, 0.6) is 5.75 Å². The molecule has 0 bridgehead atoms. The predicted octanol–water partition coefficient (Wildman–Crippen LogP) is 4.84. The van der Waals surface area contributed by atoms with Gasteiger partial charge in [0, 0.05) is 11.3 Å². The fourth-order valence-electron chi connectivity index (χ4n) is 3.07. The minimum atomic E-state index is -4.76. The third kappa shape index (κ3) is 5.83. The van der Waals surface area contributed by atoms with E-state index < -0.39 is 28.1 Å². The number of nitrogens with one attached hydrogen (secondary N) is 2. The number of benzene rings is 3. The Labute approximate surface area is 189 Å². The highest BCUT2D eigenvalue weighted by molar-refractivity contribution is 7.92. The molecular weight excluding hydrogens is 457 g/mol. The zero-order valence-electron chi connectivity index (χ0n) is 17.7. The number of anilines is 1. The lowest BCUT2D eigenvalue weighted by molar-refractivity contribution is -0.155. The zero-order chi connectivity index (χ0) is 24.2. The smallest absolute Gasteiger partial charge is 0.412 e. The molecule has 2 N–H and O–H groups in total. The quantitative estimate of drug-likeness (QED) is 0.509. The number of hydrogen-bond donors (Lipinski definition) is 2. The van der Waals surface area contributed by atoms with E-state index in [4.69, 9.17) is 4.74 Å². The predicted molar refractivity (Wildman–Crippen MR) is 118 cm³/mol. The lowest BCUT2D eigenvalue weighted by atomic mass is 10.1. The molecule has 3 aromatic rings. The lowest BCUT2D eigenvalue weighted by Crippen LogP contribution is -2.38. The van der Waals surface area contributed by atoms with Crippen LogP contribution in [0.4, 0.5) is 18.9 Å². The van der Waals surface area contributed by atoms with E-state index in [1.54, 1.807) is 30.3 Å². The Morgan fingerprint density at radius 3 is 2.18 bits per heavy atom. The first-order valence-electron chi connectivity index (χ1n) is 9.71. The Hall–Kier alpha value is -3.53. The summed E-state index contributed by atoms with van der Waals surface area (Å²) in [6, 6.07) is 14.5. The van der Waals surface area contributed by atoms with Crippen molar-refractivity contribution in [2.45, 2.75) is 24.0 Å². The summed E-state index contributed by atoms with van der Waals surface area (Å²) < 4.78 is 74.2. The van der Waals surface area contributed by atoms with Crippen molar-refractivity contribution in [1.29, 1.82) is 0 Å². The van der Waals surface area contributed by atoms with Gasteiger partial charge < -0.3 is 10.1 Å². The monoisotopic (exact) mass is 478 g/mol. The highest BCUT2D eigenvalue weighted by atomic mass is 32.2. The first-order chi connectivity index (χ1) is 15.5. The van der Waals surface area contributed by atoms with Gasteiger partial charge in [0.2, 0.25) is 0 Å². The lowest BCUT2D eigenvalue weighted by Gasteiger charge is -2.22. The SMILES string of the molecule is COc1ccc(C(=O)NC(c2ccccc2)C(F)(F)F)cc1S(=O)(=O)Nc1ccc(C)cc1. The molecular formula is C23H21F3N2O4S. The molecule has 6 nitrogen and oxygen atoms in total. The average Bonchev–Trinajstić information content (AvgIpc) is 2.78. The number of rotatable bonds is 7. The Balaban J connectivity index is 1.93. The second-order valence-corrected chi connectivity index (χ2v) is 8.85. The maximum absolute atomic E-state index is 13.6. The molecule has 0 fully saturated rings. The largest absolute Gasteiger partial charge is 0.495 e. The van der Waals surface area contributed by atoms with Crippen molar-refractivity contribution in [3.8, 4) is 5.75 Å². The number of carbonyl (C=O) groups excluding carboxylic acids is 1. The number of methoxy groups -OCH3 is 1. The van der Waals surface area contributed by atoms with Gasteiger partial charge in [0.15, 0.2) is 6.04 Å². The van der Waals surface area contributed by atoms with Gasteiger partial charge in [0.25, 0.3) is 15.9 Å². The number of amides is 1. The standard InChI is InChI=1S/C23H21F3N2O4S/c1-15-8-11-18(12-9-15)28-33(30,31)20-14-17(10-13-19(20)32-2)22(29)27-21(23(24,25)26)16-6-4-3-5-7-16/h3-14,21,28H,1-2H3,(H,27,29). The average molecular weight is 478 g/mol.